The SMILES string of the molecule is CC(C)Oc1ccc(CCN2/C(=C/C=C/C3=[N+](C)c4ccc(C(=O)O)cc4C3(C)C)C(C)(Cc3ccccc3)c3cc([N+](=O)[O-])ccc32)cc1. The molecule has 2 aliphatic heterocycles. The van der Waals surface area contributed by atoms with Crippen LogP contribution >= 0.6 is 0 Å². The molecular formula is C42H44N3O5+. The minimum atomic E-state index is -0.946. The molecule has 256 valence electrons. The van der Waals surface area contributed by atoms with Gasteiger partial charge in [0.25, 0.3) is 5.69 Å². The highest BCUT2D eigenvalue weighted by Crippen LogP contribution is 2.51. The summed E-state index contributed by atoms with van der Waals surface area (Å²) < 4.78 is 7.98. The number of ether oxygens (including phenoxy) is 1. The van der Waals surface area contributed by atoms with Gasteiger partial charge in [0.2, 0.25) is 5.69 Å². The fourth-order valence-corrected chi connectivity index (χ4v) is 7.53. The highest BCUT2D eigenvalue weighted by atomic mass is 16.6. The number of aromatic carboxylic acids is 1. The maximum atomic E-state index is 12.0. The molecule has 0 bridgehead atoms. The third-order valence-electron chi connectivity index (χ3n) is 10.0. The van der Waals surface area contributed by atoms with Gasteiger partial charge >= 0.3 is 5.97 Å². The van der Waals surface area contributed by atoms with Crippen molar-refractivity contribution in [2.75, 3.05) is 18.5 Å². The number of benzene rings is 4. The zero-order valence-electron chi connectivity index (χ0n) is 29.5. The molecule has 2 aliphatic rings. The molecule has 6 rings (SSSR count). The first kappa shape index (κ1) is 34.4. The van der Waals surface area contributed by atoms with Gasteiger partial charge < -0.3 is 14.7 Å². The maximum absolute atomic E-state index is 12.0. The average Bonchev–Trinajstić information content (AvgIpc) is 3.42. The fraction of sp³-hybridized carbons (Fsp3) is 0.286. The number of nitro benzene ring substituents is 1. The third-order valence-corrected chi connectivity index (χ3v) is 10.0. The van der Waals surface area contributed by atoms with Gasteiger partial charge in [0.05, 0.1) is 22.0 Å². The molecule has 4 aromatic rings. The molecular weight excluding hydrogens is 626 g/mol. The molecule has 0 saturated carbocycles. The first-order chi connectivity index (χ1) is 23.8. The van der Waals surface area contributed by atoms with Crippen molar-refractivity contribution >= 4 is 28.7 Å². The van der Waals surface area contributed by atoms with Crippen molar-refractivity contribution in [3.05, 3.63) is 153 Å². The highest BCUT2D eigenvalue weighted by molar-refractivity contribution is 6.04. The van der Waals surface area contributed by atoms with E-state index in [0.29, 0.717) is 13.0 Å². The van der Waals surface area contributed by atoms with Crippen LogP contribution < -0.4 is 9.64 Å². The van der Waals surface area contributed by atoms with Gasteiger partial charge in [-0.1, -0.05) is 48.5 Å². The van der Waals surface area contributed by atoms with Gasteiger partial charge in [-0.05, 0) is 101 Å². The molecule has 8 heteroatoms. The molecule has 0 amide bonds. The number of carboxylic acids is 1. The van der Waals surface area contributed by atoms with E-state index >= 15 is 0 Å². The van der Waals surface area contributed by atoms with Crippen LogP contribution in [0.5, 0.6) is 5.75 Å². The largest absolute Gasteiger partial charge is 0.491 e. The monoisotopic (exact) mass is 670 g/mol. The predicted octanol–water partition coefficient (Wildman–Crippen LogP) is 8.79. The summed E-state index contributed by atoms with van der Waals surface area (Å²) in [7, 11) is 2.01. The lowest BCUT2D eigenvalue weighted by molar-refractivity contribution is -0.401. The number of hydrogen-bond acceptors (Lipinski definition) is 5. The smallest absolute Gasteiger partial charge is 0.335 e. The second kappa shape index (κ2) is 13.4. The molecule has 50 heavy (non-hydrogen) atoms. The molecule has 4 aromatic carbocycles. The van der Waals surface area contributed by atoms with E-state index in [1.807, 2.05) is 63.4 Å². The van der Waals surface area contributed by atoms with Crippen LogP contribution in [0.15, 0.2) is 115 Å². The van der Waals surface area contributed by atoms with Crippen LogP contribution in [0.25, 0.3) is 0 Å². The Labute approximate surface area is 293 Å². The van der Waals surface area contributed by atoms with Crippen LogP contribution in [0.4, 0.5) is 17.1 Å². The summed E-state index contributed by atoms with van der Waals surface area (Å²) in [6, 6.07) is 29.0. The van der Waals surface area contributed by atoms with Crippen molar-refractivity contribution in [1.82, 2.24) is 0 Å². The average molecular weight is 671 g/mol. The van der Waals surface area contributed by atoms with E-state index in [9.17, 15) is 20.0 Å². The van der Waals surface area contributed by atoms with Gasteiger partial charge in [-0.25, -0.2) is 4.79 Å². The van der Waals surface area contributed by atoms with Crippen LogP contribution in [-0.2, 0) is 23.7 Å². The Morgan fingerprint density at radius 1 is 0.960 bits per heavy atom. The molecule has 1 N–H and O–H groups in total. The van der Waals surface area contributed by atoms with Crippen molar-refractivity contribution < 1.29 is 24.1 Å². The molecule has 1 unspecified atom stereocenters. The predicted molar refractivity (Wildman–Crippen MR) is 198 cm³/mol. The van der Waals surface area contributed by atoms with E-state index in [2.05, 4.69) is 72.7 Å². The molecule has 0 saturated heterocycles. The lowest BCUT2D eigenvalue weighted by Crippen LogP contribution is -2.32. The topological polar surface area (TPSA) is 95.9 Å². The summed E-state index contributed by atoms with van der Waals surface area (Å²) in [5.74, 6) is -0.110. The molecule has 0 aliphatic carbocycles. The first-order valence-electron chi connectivity index (χ1n) is 17.0. The van der Waals surface area contributed by atoms with Crippen LogP contribution in [0.1, 0.15) is 67.2 Å². The Balaban J connectivity index is 1.42. The van der Waals surface area contributed by atoms with Crippen molar-refractivity contribution in [3.63, 3.8) is 0 Å². The number of non-ortho nitro benzene ring substituents is 1. The number of allylic oxidation sites excluding steroid dienone is 4. The molecule has 0 radical (unpaired) electrons. The number of nitro groups is 1. The van der Waals surface area contributed by atoms with Crippen LogP contribution in [0.2, 0.25) is 0 Å². The van der Waals surface area contributed by atoms with Gasteiger partial charge in [0.15, 0.2) is 5.71 Å². The number of anilines is 1. The lowest BCUT2D eigenvalue weighted by Gasteiger charge is -2.30. The molecule has 0 aromatic heterocycles. The molecule has 0 spiro atoms. The number of rotatable bonds is 11. The zero-order chi connectivity index (χ0) is 35.8. The van der Waals surface area contributed by atoms with Gasteiger partial charge in [-0.15, -0.1) is 0 Å². The normalized spacial score (nSPS) is 18.6. The Bertz CT molecular complexity index is 2040. The summed E-state index contributed by atoms with van der Waals surface area (Å²) in [5, 5.41) is 21.7. The minimum absolute atomic E-state index is 0.0731. The van der Waals surface area contributed by atoms with Gasteiger partial charge in [-0.2, -0.15) is 4.58 Å². The van der Waals surface area contributed by atoms with Crippen LogP contribution in [0, 0.1) is 10.1 Å². The quantitative estimate of drug-likeness (QED) is 0.0974. The van der Waals surface area contributed by atoms with E-state index in [1.54, 1.807) is 24.3 Å². The third kappa shape index (κ3) is 6.45. The van der Waals surface area contributed by atoms with Crippen molar-refractivity contribution in [2.24, 2.45) is 0 Å². The number of fused-ring (bicyclic) bond motifs is 2. The van der Waals surface area contributed by atoms with Gasteiger partial charge in [-0.3, -0.25) is 10.1 Å². The number of nitrogens with zero attached hydrogens (tertiary/aromatic N) is 3. The molecule has 8 nitrogen and oxygen atoms in total. The number of carboxylic acid groups (broad SMARTS) is 1. The van der Waals surface area contributed by atoms with E-state index in [1.165, 1.54) is 5.56 Å². The molecule has 2 heterocycles. The van der Waals surface area contributed by atoms with Crippen molar-refractivity contribution in [2.45, 2.75) is 64.4 Å². The van der Waals surface area contributed by atoms with Crippen LogP contribution in [-0.4, -0.2) is 46.0 Å². The second-order valence-electron chi connectivity index (χ2n) is 14.2. The Morgan fingerprint density at radius 3 is 2.34 bits per heavy atom. The first-order valence-corrected chi connectivity index (χ1v) is 17.0. The summed E-state index contributed by atoms with van der Waals surface area (Å²) in [4.78, 5) is 25.8. The molecule has 1 atom stereocenters. The van der Waals surface area contributed by atoms with Crippen LogP contribution in [0.3, 0.4) is 0 Å². The zero-order valence-corrected chi connectivity index (χ0v) is 29.5. The van der Waals surface area contributed by atoms with Crippen molar-refractivity contribution in [1.29, 1.82) is 0 Å². The highest BCUT2D eigenvalue weighted by Gasteiger charge is 2.45. The fourth-order valence-electron chi connectivity index (χ4n) is 7.53. The standard InChI is InChI=1S/C42H43N3O5/c1-28(2)50-33-19-15-29(16-20-33)23-24-44-37-22-18-32(45(48)49)26-35(37)42(5,27-30-11-8-7-9-12-30)39(44)14-10-13-38-41(3,4)34-25-31(40(46)47)17-21-36(34)43(38)6/h7-22,25-26,28H,23-24,27H2,1-6H3/p+1. The summed E-state index contributed by atoms with van der Waals surface area (Å²) in [5.41, 5.74) is 7.58. The van der Waals surface area contributed by atoms with E-state index in [-0.39, 0.29) is 22.3 Å². The number of hydrogen-bond donors (Lipinski definition) is 1. The Hall–Kier alpha value is -5.50. The van der Waals surface area contributed by atoms with E-state index < -0.39 is 16.8 Å². The summed E-state index contributed by atoms with van der Waals surface area (Å²) in [6.45, 7) is 11.1. The maximum Gasteiger partial charge on any atom is 0.335 e. The van der Waals surface area contributed by atoms with Gasteiger partial charge in [0.1, 0.15) is 12.8 Å². The number of carbonyl (C=O) groups is 1. The Morgan fingerprint density at radius 2 is 1.68 bits per heavy atom. The second-order valence-corrected chi connectivity index (χ2v) is 14.2. The minimum Gasteiger partial charge on any atom is -0.491 e. The summed E-state index contributed by atoms with van der Waals surface area (Å²) in [6.07, 6.45) is 7.84. The lowest BCUT2D eigenvalue weighted by atomic mass is 9.76. The van der Waals surface area contributed by atoms with E-state index in [0.717, 1.165) is 51.6 Å². The molecule has 0 fully saturated rings. The summed E-state index contributed by atoms with van der Waals surface area (Å²) >= 11 is 0. The van der Waals surface area contributed by atoms with Gasteiger partial charge in [0, 0.05) is 53.2 Å². The van der Waals surface area contributed by atoms with Crippen molar-refractivity contribution in [3.8, 4) is 5.75 Å². The van der Waals surface area contributed by atoms with E-state index in [4.69, 9.17) is 4.74 Å². The Kier molecular flexibility index (Phi) is 9.23.